The molecule has 0 bridgehead atoms. The molecule has 0 radical (unpaired) electrons. The van der Waals surface area contributed by atoms with Crippen molar-refractivity contribution in [3.63, 3.8) is 0 Å². The zero-order valence-electron chi connectivity index (χ0n) is 10.2. The number of hydrogen-bond acceptors (Lipinski definition) is 3. The van der Waals surface area contributed by atoms with Crippen molar-refractivity contribution >= 4 is 29.0 Å². The number of rotatable bonds is 4. The second-order valence-corrected chi connectivity index (χ2v) is 4.73. The number of ketones is 1. The van der Waals surface area contributed by atoms with Crippen molar-refractivity contribution in [1.29, 1.82) is 0 Å². The molecule has 2 rings (SSSR count). The smallest absolute Gasteiger partial charge is 0.169 e. The van der Waals surface area contributed by atoms with Crippen LogP contribution in [0.2, 0.25) is 10.0 Å². The molecule has 0 unspecified atom stereocenters. The van der Waals surface area contributed by atoms with Crippen LogP contribution in [-0.2, 0) is 6.42 Å². The van der Waals surface area contributed by atoms with Crippen molar-refractivity contribution in [2.45, 2.75) is 6.42 Å². The summed E-state index contributed by atoms with van der Waals surface area (Å²) in [6.45, 7) is 0. The van der Waals surface area contributed by atoms with E-state index in [0.29, 0.717) is 26.9 Å². The molecule has 0 amide bonds. The van der Waals surface area contributed by atoms with Gasteiger partial charge in [0.05, 0.1) is 13.3 Å². The van der Waals surface area contributed by atoms with Gasteiger partial charge in [0.1, 0.15) is 5.75 Å². The van der Waals surface area contributed by atoms with Gasteiger partial charge in [-0.2, -0.15) is 0 Å². The minimum atomic E-state index is -0.110. The monoisotopic (exact) mass is 295 g/mol. The van der Waals surface area contributed by atoms with E-state index in [1.807, 2.05) is 0 Å². The Morgan fingerprint density at radius 1 is 1.26 bits per heavy atom. The molecule has 0 aliphatic rings. The number of halogens is 2. The third-order valence-corrected chi connectivity index (χ3v) is 3.38. The van der Waals surface area contributed by atoms with Crippen LogP contribution >= 0.6 is 23.2 Å². The van der Waals surface area contributed by atoms with Crippen molar-refractivity contribution in [1.82, 2.24) is 4.98 Å². The maximum Gasteiger partial charge on any atom is 0.169 e. The van der Waals surface area contributed by atoms with E-state index in [1.165, 1.54) is 13.3 Å². The molecule has 3 nitrogen and oxygen atoms in total. The standard InChI is InChI=1S/C14H11Cl2NO2/c1-19-10-5-9(7-17-8-10)14(18)6-11-12(15)3-2-4-13(11)16/h2-5,7-8H,6H2,1H3. The highest BCUT2D eigenvalue weighted by atomic mass is 35.5. The Morgan fingerprint density at radius 2 is 1.95 bits per heavy atom. The van der Waals surface area contributed by atoms with Crippen LogP contribution in [-0.4, -0.2) is 17.9 Å². The molecule has 19 heavy (non-hydrogen) atoms. The van der Waals surface area contributed by atoms with E-state index in [0.717, 1.165) is 0 Å². The van der Waals surface area contributed by atoms with E-state index in [1.54, 1.807) is 30.5 Å². The Hall–Kier alpha value is -1.58. The molecule has 2 aromatic rings. The minimum Gasteiger partial charge on any atom is -0.495 e. The van der Waals surface area contributed by atoms with Crippen LogP contribution in [0.4, 0.5) is 0 Å². The number of pyridine rings is 1. The topological polar surface area (TPSA) is 39.2 Å². The van der Waals surface area contributed by atoms with Crippen molar-refractivity contribution in [2.75, 3.05) is 7.11 Å². The van der Waals surface area contributed by atoms with Crippen molar-refractivity contribution in [2.24, 2.45) is 0 Å². The summed E-state index contributed by atoms with van der Waals surface area (Å²) in [6.07, 6.45) is 3.17. The van der Waals surface area contributed by atoms with Gasteiger partial charge < -0.3 is 4.74 Å². The summed E-state index contributed by atoms with van der Waals surface area (Å²) in [6, 6.07) is 6.80. The van der Waals surface area contributed by atoms with Gasteiger partial charge in [-0.25, -0.2) is 0 Å². The SMILES string of the molecule is COc1cncc(C(=O)Cc2c(Cl)cccc2Cl)c1. The normalized spacial score (nSPS) is 10.3. The molecule has 0 aliphatic heterocycles. The molecule has 0 atom stereocenters. The van der Waals surface area contributed by atoms with Crippen LogP contribution < -0.4 is 4.74 Å². The van der Waals surface area contributed by atoms with Gasteiger partial charge in [0.25, 0.3) is 0 Å². The predicted molar refractivity (Wildman–Crippen MR) is 75.3 cm³/mol. The molecule has 0 aliphatic carbocycles. The van der Waals surface area contributed by atoms with Gasteiger partial charge >= 0.3 is 0 Å². The number of benzene rings is 1. The van der Waals surface area contributed by atoms with Crippen LogP contribution in [0.15, 0.2) is 36.7 Å². The molecule has 1 aromatic carbocycles. The fourth-order valence-corrected chi connectivity index (χ4v) is 2.18. The molecule has 1 aromatic heterocycles. The van der Waals surface area contributed by atoms with E-state index in [2.05, 4.69) is 4.98 Å². The van der Waals surface area contributed by atoms with Gasteiger partial charge in [0.15, 0.2) is 5.78 Å². The summed E-state index contributed by atoms with van der Waals surface area (Å²) in [4.78, 5) is 16.1. The summed E-state index contributed by atoms with van der Waals surface area (Å²) in [5.41, 5.74) is 1.09. The number of aromatic nitrogens is 1. The molecule has 0 saturated carbocycles. The van der Waals surface area contributed by atoms with E-state index >= 15 is 0 Å². The summed E-state index contributed by atoms with van der Waals surface area (Å²) < 4.78 is 5.04. The summed E-state index contributed by atoms with van der Waals surface area (Å²) in [5, 5.41) is 0.966. The first kappa shape index (κ1) is 13.8. The molecule has 0 N–H and O–H groups in total. The lowest BCUT2D eigenvalue weighted by Crippen LogP contribution is -2.05. The number of carbonyl (C=O) groups excluding carboxylic acids is 1. The molecular formula is C14H11Cl2NO2. The van der Waals surface area contributed by atoms with Crippen LogP contribution in [0.5, 0.6) is 5.75 Å². The first-order valence-electron chi connectivity index (χ1n) is 5.57. The fraction of sp³-hybridized carbons (Fsp3) is 0.143. The maximum absolute atomic E-state index is 12.2. The lowest BCUT2D eigenvalue weighted by atomic mass is 10.0. The Kier molecular flexibility index (Phi) is 4.40. The molecule has 0 fully saturated rings. The predicted octanol–water partition coefficient (Wildman–Crippen LogP) is 3.82. The maximum atomic E-state index is 12.2. The van der Waals surface area contributed by atoms with E-state index < -0.39 is 0 Å². The van der Waals surface area contributed by atoms with E-state index in [9.17, 15) is 4.79 Å². The number of methoxy groups -OCH3 is 1. The van der Waals surface area contributed by atoms with Crippen LogP contribution in [0.25, 0.3) is 0 Å². The van der Waals surface area contributed by atoms with E-state index in [-0.39, 0.29) is 12.2 Å². The third-order valence-electron chi connectivity index (χ3n) is 2.67. The zero-order valence-corrected chi connectivity index (χ0v) is 11.7. The summed E-state index contributed by atoms with van der Waals surface area (Å²) in [7, 11) is 1.52. The second-order valence-electron chi connectivity index (χ2n) is 3.91. The van der Waals surface area contributed by atoms with Crippen LogP contribution in [0.1, 0.15) is 15.9 Å². The van der Waals surface area contributed by atoms with Gasteiger partial charge in [0, 0.05) is 28.2 Å². The highest BCUT2D eigenvalue weighted by Gasteiger charge is 2.13. The Bertz CT molecular complexity index is 594. The number of carbonyl (C=O) groups is 1. The molecule has 98 valence electrons. The first-order valence-corrected chi connectivity index (χ1v) is 6.32. The molecule has 0 spiro atoms. The van der Waals surface area contributed by atoms with Gasteiger partial charge in [-0.05, 0) is 23.8 Å². The number of Topliss-reactive ketones (excluding diaryl/α,β-unsaturated/α-hetero) is 1. The lowest BCUT2D eigenvalue weighted by molar-refractivity contribution is 0.0992. The minimum absolute atomic E-state index is 0.110. The molecule has 1 heterocycles. The van der Waals surface area contributed by atoms with Crippen LogP contribution in [0.3, 0.4) is 0 Å². The van der Waals surface area contributed by atoms with Crippen molar-refractivity contribution in [3.8, 4) is 5.75 Å². The summed E-state index contributed by atoms with van der Waals surface area (Å²) >= 11 is 12.1. The molecule has 0 saturated heterocycles. The quantitative estimate of drug-likeness (QED) is 0.805. The Balaban J connectivity index is 2.25. The lowest BCUT2D eigenvalue weighted by Gasteiger charge is -2.07. The van der Waals surface area contributed by atoms with Gasteiger partial charge in [-0.15, -0.1) is 0 Å². The van der Waals surface area contributed by atoms with Crippen molar-refractivity contribution < 1.29 is 9.53 Å². The first-order chi connectivity index (χ1) is 9.11. The van der Waals surface area contributed by atoms with Crippen molar-refractivity contribution in [3.05, 3.63) is 57.8 Å². The third kappa shape index (κ3) is 3.25. The Morgan fingerprint density at radius 3 is 2.58 bits per heavy atom. The fourth-order valence-electron chi connectivity index (χ4n) is 1.65. The highest BCUT2D eigenvalue weighted by molar-refractivity contribution is 6.36. The average Bonchev–Trinajstić information content (AvgIpc) is 2.43. The largest absolute Gasteiger partial charge is 0.495 e. The zero-order chi connectivity index (χ0) is 13.8. The highest BCUT2D eigenvalue weighted by Crippen LogP contribution is 2.26. The van der Waals surface area contributed by atoms with E-state index in [4.69, 9.17) is 27.9 Å². The molecular weight excluding hydrogens is 285 g/mol. The second kappa shape index (κ2) is 6.04. The van der Waals surface area contributed by atoms with Gasteiger partial charge in [-0.1, -0.05) is 29.3 Å². The molecule has 5 heteroatoms. The van der Waals surface area contributed by atoms with Gasteiger partial charge in [0.2, 0.25) is 0 Å². The number of hydrogen-bond donors (Lipinski definition) is 0. The number of nitrogens with zero attached hydrogens (tertiary/aromatic N) is 1. The average molecular weight is 296 g/mol. The van der Waals surface area contributed by atoms with Gasteiger partial charge in [-0.3, -0.25) is 9.78 Å². The van der Waals surface area contributed by atoms with Crippen LogP contribution in [0, 0.1) is 0 Å². The number of ether oxygens (including phenoxy) is 1. The Labute approximate surface area is 121 Å². The summed E-state index contributed by atoms with van der Waals surface area (Å²) in [5.74, 6) is 0.428.